The minimum absolute atomic E-state index is 0.293. The molecule has 0 saturated heterocycles. The van der Waals surface area contributed by atoms with Crippen molar-refractivity contribution >= 4 is 0 Å². The highest BCUT2D eigenvalue weighted by Crippen LogP contribution is 2.22. The molecule has 0 fully saturated rings. The third-order valence-corrected chi connectivity index (χ3v) is 3.29. The van der Waals surface area contributed by atoms with Crippen LogP contribution in [0.3, 0.4) is 0 Å². The van der Waals surface area contributed by atoms with E-state index in [2.05, 4.69) is 6.07 Å². The largest absolute Gasteiger partial charge is 0.491 e. The summed E-state index contributed by atoms with van der Waals surface area (Å²) in [6.45, 7) is 0.949. The zero-order valence-electron chi connectivity index (χ0n) is 12.9. The van der Waals surface area contributed by atoms with E-state index in [0.717, 1.165) is 16.9 Å². The van der Waals surface area contributed by atoms with E-state index in [4.69, 9.17) is 10.00 Å². The van der Waals surface area contributed by atoms with Gasteiger partial charge in [0.05, 0.1) is 25.7 Å². The first-order chi connectivity index (χ1) is 10.6. The fourth-order valence-corrected chi connectivity index (χ4v) is 2.20. The second kappa shape index (κ2) is 7.60. The van der Waals surface area contributed by atoms with Crippen LogP contribution in [-0.4, -0.2) is 38.5 Å². The molecule has 1 atom stereocenters. The molecule has 2 rings (SSSR count). The SMILES string of the molecule is C[NH+](C)C[C@H](O)COc1ccc(-c2ccc(C#N)cc2)cc1. The van der Waals surface area contributed by atoms with Gasteiger partial charge in [0.2, 0.25) is 0 Å². The molecule has 0 spiro atoms. The van der Waals surface area contributed by atoms with E-state index in [0.29, 0.717) is 18.7 Å². The maximum Gasteiger partial charge on any atom is 0.137 e. The molecular weight excluding hydrogens is 276 g/mol. The lowest BCUT2D eigenvalue weighted by Crippen LogP contribution is -3.07. The van der Waals surface area contributed by atoms with Gasteiger partial charge in [0, 0.05) is 0 Å². The second-order valence-corrected chi connectivity index (χ2v) is 5.59. The number of aliphatic hydroxyl groups excluding tert-OH is 1. The number of quaternary nitrogens is 1. The molecule has 0 bridgehead atoms. The number of benzene rings is 2. The summed E-state index contributed by atoms with van der Waals surface area (Å²) in [5.74, 6) is 0.741. The van der Waals surface area contributed by atoms with Crippen molar-refractivity contribution in [1.29, 1.82) is 5.26 Å². The van der Waals surface area contributed by atoms with Gasteiger partial charge in [0.1, 0.15) is 25.0 Å². The van der Waals surface area contributed by atoms with Crippen LogP contribution in [0.4, 0.5) is 0 Å². The fraction of sp³-hybridized carbons (Fsp3) is 0.278. The van der Waals surface area contributed by atoms with Gasteiger partial charge < -0.3 is 14.7 Å². The van der Waals surface area contributed by atoms with E-state index in [9.17, 15) is 5.11 Å². The Morgan fingerprint density at radius 1 is 1.05 bits per heavy atom. The topological polar surface area (TPSA) is 57.7 Å². The average molecular weight is 297 g/mol. The van der Waals surface area contributed by atoms with Crippen LogP contribution in [0.15, 0.2) is 48.5 Å². The molecule has 0 saturated carbocycles. The van der Waals surface area contributed by atoms with Gasteiger partial charge >= 0.3 is 0 Å². The normalized spacial score (nSPS) is 12.0. The summed E-state index contributed by atoms with van der Waals surface area (Å²) in [7, 11) is 3.99. The zero-order valence-corrected chi connectivity index (χ0v) is 12.9. The first-order valence-corrected chi connectivity index (χ1v) is 7.29. The number of nitrogens with zero attached hydrogens (tertiary/aromatic N) is 1. The quantitative estimate of drug-likeness (QED) is 0.840. The molecule has 0 aromatic heterocycles. The molecule has 0 amide bonds. The first-order valence-electron chi connectivity index (χ1n) is 7.29. The number of rotatable bonds is 6. The van der Waals surface area contributed by atoms with E-state index < -0.39 is 6.10 Å². The maximum absolute atomic E-state index is 9.79. The predicted molar refractivity (Wildman–Crippen MR) is 85.8 cm³/mol. The minimum atomic E-state index is -0.469. The molecule has 0 aliphatic rings. The summed E-state index contributed by atoms with van der Waals surface area (Å²) >= 11 is 0. The third-order valence-electron chi connectivity index (χ3n) is 3.29. The molecular formula is C18H21N2O2+. The lowest BCUT2D eigenvalue weighted by Gasteiger charge is -2.14. The van der Waals surface area contributed by atoms with Crippen molar-refractivity contribution in [2.45, 2.75) is 6.10 Å². The molecule has 4 heteroatoms. The van der Waals surface area contributed by atoms with Crippen LogP contribution in [-0.2, 0) is 0 Å². The summed E-state index contributed by atoms with van der Waals surface area (Å²) in [6, 6.07) is 17.3. The Morgan fingerprint density at radius 2 is 1.59 bits per heavy atom. The van der Waals surface area contributed by atoms with Crippen molar-refractivity contribution in [2.24, 2.45) is 0 Å². The molecule has 4 nitrogen and oxygen atoms in total. The lowest BCUT2D eigenvalue weighted by molar-refractivity contribution is -0.861. The van der Waals surface area contributed by atoms with Gasteiger partial charge in [-0.2, -0.15) is 5.26 Å². The Morgan fingerprint density at radius 3 is 2.09 bits per heavy atom. The molecule has 2 N–H and O–H groups in total. The Balaban J connectivity index is 1.96. The zero-order chi connectivity index (χ0) is 15.9. The summed E-state index contributed by atoms with van der Waals surface area (Å²) in [5.41, 5.74) is 2.78. The summed E-state index contributed by atoms with van der Waals surface area (Å²) < 4.78 is 5.59. The van der Waals surface area contributed by atoms with Crippen molar-refractivity contribution in [1.82, 2.24) is 0 Å². The van der Waals surface area contributed by atoms with E-state index in [-0.39, 0.29) is 0 Å². The molecule has 0 aliphatic heterocycles. The molecule has 22 heavy (non-hydrogen) atoms. The van der Waals surface area contributed by atoms with Crippen molar-refractivity contribution in [3.05, 3.63) is 54.1 Å². The highest BCUT2D eigenvalue weighted by Gasteiger charge is 2.09. The number of nitriles is 1. The highest BCUT2D eigenvalue weighted by molar-refractivity contribution is 5.64. The van der Waals surface area contributed by atoms with Crippen LogP contribution < -0.4 is 9.64 Å². The van der Waals surface area contributed by atoms with Crippen molar-refractivity contribution in [3.63, 3.8) is 0 Å². The van der Waals surface area contributed by atoms with Gasteiger partial charge in [0.25, 0.3) is 0 Å². The van der Waals surface area contributed by atoms with Crippen LogP contribution in [0.2, 0.25) is 0 Å². The van der Waals surface area contributed by atoms with Crippen molar-refractivity contribution < 1.29 is 14.7 Å². The minimum Gasteiger partial charge on any atom is -0.491 e. The molecule has 0 unspecified atom stereocenters. The average Bonchev–Trinajstić information content (AvgIpc) is 2.53. The molecule has 0 aliphatic carbocycles. The summed E-state index contributed by atoms with van der Waals surface area (Å²) in [5, 5.41) is 18.6. The Bertz CT molecular complexity index is 628. The number of nitrogens with one attached hydrogen (secondary N) is 1. The molecule has 114 valence electrons. The van der Waals surface area contributed by atoms with Gasteiger partial charge in [0.15, 0.2) is 0 Å². The highest BCUT2D eigenvalue weighted by atomic mass is 16.5. The molecule has 2 aromatic rings. The van der Waals surface area contributed by atoms with Crippen LogP contribution in [0, 0.1) is 11.3 Å². The van der Waals surface area contributed by atoms with E-state index >= 15 is 0 Å². The summed E-state index contributed by atoms with van der Waals surface area (Å²) in [4.78, 5) is 1.19. The molecule has 0 heterocycles. The van der Waals surface area contributed by atoms with Crippen LogP contribution in [0.5, 0.6) is 5.75 Å². The Labute approximate surface area is 131 Å². The fourth-order valence-electron chi connectivity index (χ4n) is 2.20. The number of hydrogen-bond acceptors (Lipinski definition) is 3. The van der Waals surface area contributed by atoms with Gasteiger partial charge in [-0.25, -0.2) is 0 Å². The monoisotopic (exact) mass is 297 g/mol. The van der Waals surface area contributed by atoms with Crippen molar-refractivity contribution in [2.75, 3.05) is 27.2 Å². The third kappa shape index (κ3) is 4.59. The molecule has 0 radical (unpaired) electrons. The van der Waals surface area contributed by atoms with Crippen LogP contribution in [0.25, 0.3) is 11.1 Å². The number of hydrogen-bond donors (Lipinski definition) is 2. The van der Waals surface area contributed by atoms with E-state index in [1.807, 2.05) is 50.5 Å². The lowest BCUT2D eigenvalue weighted by atomic mass is 10.0. The maximum atomic E-state index is 9.79. The van der Waals surface area contributed by atoms with Gasteiger partial charge in [-0.3, -0.25) is 0 Å². The van der Waals surface area contributed by atoms with Crippen molar-refractivity contribution in [3.8, 4) is 22.9 Å². The summed E-state index contributed by atoms with van der Waals surface area (Å²) in [6.07, 6.45) is -0.469. The number of ether oxygens (including phenoxy) is 1. The van der Waals surface area contributed by atoms with Crippen LogP contribution >= 0.6 is 0 Å². The van der Waals surface area contributed by atoms with Gasteiger partial charge in [-0.05, 0) is 35.4 Å². The van der Waals surface area contributed by atoms with E-state index in [1.165, 1.54) is 4.90 Å². The first kappa shape index (κ1) is 16.0. The van der Waals surface area contributed by atoms with E-state index in [1.54, 1.807) is 12.1 Å². The van der Waals surface area contributed by atoms with Gasteiger partial charge in [-0.15, -0.1) is 0 Å². The van der Waals surface area contributed by atoms with Gasteiger partial charge in [-0.1, -0.05) is 24.3 Å². The Kier molecular flexibility index (Phi) is 5.54. The number of aliphatic hydroxyl groups is 1. The standard InChI is InChI=1S/C18H20N2O2/c1-20(2)12-17(21)13-22-18-9-7-16(8-10-18)15-5-3-14(11-19)4-6-15/h3-10,17,21H,12-13H2,1-2H3/p+1/t17-/m0/s1. The Hall–Kier alpha value is -2.35. The van der Waals surface area contributed by atoms with Crippen LogP contribution in [0.1, 0.15) is 5.56 Å². The number of likely N-dealkylation sites (N-methyl/N-ethyl adjacent to an activating group) is 1. The predicted octanol–water partition coefficient (Wildman–Crippen LogP) is 1.11. The second-order valence-electron chi connectivity index (χ2n) is 5.59. The smallest absolute Gasteiger partial charge is 0.137 e. The molecule has 2 aromatic carbocycles.